The number of hydrogen-bond donors (Lipinski definition) is 1. The van der Waals surface area contributed by atoms with Crippen molar-refractivity contribution in [2.24, 2.45) is 0 Å². The van der Waals surface area contributed by atoms with Crippen LogP contribution < -0.4 is 9.62 Å². The third-order valence-corrected chi connectivity index (χ3v) is 6.09. The molecule has 3 rings (SSSR count). The summed E-state index contributed by atoms with van der Waals surface area (Å²) in [5.41, 5.74) is 3.00. The Kier molecular flexibility index (Phi) is 4.99. The molecular formula is C19H21ClN2O3S. The quantitative estimate of drug-likeness (QED) is 0.865. The fraction of sp³-hybridized carbons (Fsp3) is 0.316. The zero-order valence-electron chi connectivity index (χ0n) is 14.9. The van der Waals surface area contributed by atoms with Crippen LogP contribution in [0.1, 0.15) is 41.4 Å². The third-order valence-electron chi connectivity index (χ3n) is 4.57. The molecule has 0 aliphatic carbocycles. The lowest BCUT2D eigenvalue weighted by Gasteiger charge is -2.22. The largest absolute Gasteiger partial charge is 0.346 e. The number of nitrogens with zero attached hydrogens (tertiary/aromatic N) is 1. The van der Waals surface area contributed by atoms with Gasteiger partial charge in [0, 0.05) is 16.6 Å². The standard InChI is InChI=1S/C19H21ClN2O3S/c1-12-10-16-11-15(6-9-18(16)22(12)26(3,24)25)19(23)21-13(2)14-4-7-17(20)8-5-14/h4-9,11-13H,10H2,1-3H3,(H,21,23)/t12-,13+/m0/s1. The molecular weight excluding hydrogens is 372 g/mol. The van der Waals surface area contributed by atoms with E-state index in [9.17, 15) is 13.2 Å². The highest BCUT2D eigenvalue weighted by Gasteiger charge is 2.32. The Morgan fingerprint density at radius 3 is 2.50 bits per heavy atom. The van der Waals surface area contributed by atoms with E-state index in [4.69, 9.17) is 11.6 Å². The number of benzene rings is 2. The van der Waals surface area contributed by atoms with E-state index < -0.39 is 10.0 Å². The predicted octanol–water partition coefficient (Wildman–Crippen LogP) is 3.54. The summed E-state index contributed by atoms with van der Waals surface area (Å²) in [4.78, 5) is 12.6. The topological polar surface area (TPSA) is 66.5 Å². The van der Waals surface area contributed by atoms with Gasteiger partial charge in [0.2, 0.25) is 10.0 Å². The number of anilines is 1. The van der Waals surface area contributed by atoms with E-state index >= 15 is 0 Å². The van der Waals surface area contributed by atoms with Gasteiger partial charge in [-0.3, -0.25) is 9.10 Å². The van der Waals surface area contributed by atoms with Crippen LogP contribution in [0.3, 0.4) is 0 Å². The van der Waals surface area contributed by atoms with Gasteiger partial charge in [-0.2, -0.15) is 0 Å². The highest BCUT2D eigenvalue weighted by molar-refractivity contribution is 7.92. The van der Waals surface area contributed by atoms with Crippen molar-refractivity contribution in [2.45, 2.75) is 32.4 Å². The lowest BCUT2D eigenvalue weighted by Crippen LogP contribution is -2.34. The molecule has 7 heteroatoms. The minimum atomic E-state index is -3.33. The average molecular weight is 393 g/mol. The molecule has 0 spiro atoms. The van der Waals surface area contributed by atoms with Gasteiger partial charge in [-0.25, -0.2) is 8.42 Å². The van der Waals surface area contributed by atoms with Crippen LogP contribution in [0.15, 0.2) is 42.5 Å². The Bertz CT molecular complexity index is 942. The van der Waals surface area contributed by atoms with E-state index in [0.717, 1.165) is 11.1 Å². The van der Waals surface area contributed by atoms with Crippen LogP contribution in [0.4, 0.5) is 5.69 Å². The maximum atomic E-state index is 12.6. The first-order chi connectivity index (χ1) is 12.2. The molecule has 0 radical (unpaired) electrons. The minimum absolute atomic E-state index is 0.147. The predicted molar refractivity (Wildman–Crippen MR) is 104 cm³/mol. The molecule has 0 saturated heterocycles. The van der Waals surface area contributed by atoms with E-state index in [1.54, 1.807) is 30.3 Å². The highest BCUT2D eigenvalue weighted by atomic mass is 35.5. The van der Waals surface area contributed by atoms with Crippen molar-refractivity contribution in [3.63, 3.8) is 0 Å². The van der Waals surface area contributed by atoms with Crippen LogP contribution in [-0.4, -0.2) is 26.6 Å². The first-order valence-corrected chi connectivity index (χ1v) is 10.6. The van der Waals surface area contributed by atoms with Crippen LogP contribution in [0.25, 0.3) is 0 Å². The summed E-state index contributed by atoms with van der Waals surface area (Å²) in [6, 6.07) is 12.2. The number of halogens is 1. The van der Waals surface area contributed by atoms with Gasteiger partial charge in [-0.15, -0.1) is 0 Å². The molecule has 2 aromatic rings. The highest BCUT2D eigenvalue weighted by Crippen LogP contribution is 2.34. The Labute approximate surface area is 159 Å². The van der Waals surface area contributed by atoms with Crippen molar-refractivity contribution < 1.29 is 13.2 Å². The third kappa shape index (κ3) is 3.71. The molecule has 26 heavy (non-hydrogen) atoms. The number of carbonyl (C=O) groups is 1. The summed E-state index contributed by atoms with van der Waals surface area (Å²) >= 11 is 5.89. The number of rotatable bonds is 4. The van der Waals surface area contributed by atoms with Gasteiger partial charge in [0.25, 0.3) is 5.91 Å². The Balaban J connectivity index is 1.80. The summed E-state index contributed by atoms with van der Waals surface area (Å²) in [6.45, 7) is 3.77. The molecule has 0 fully saturated rings. The molecule has 1 amide bonds. The van der Waals surface area contributed by atoms with E-state index in [0.29, 0.717) is 22.7 Å². The summed E-state index contributed by atoms with van der Waals surface area (Å²) in [6.07, 6.45) is 1.79. The van der Waals surface area contributed by atoms with E-state index in [-0.39, 0.29) is 18.0 Å². The van der Waals surface area contributed by atoms with Crippen molar-refractivity contribution in [3.8, 4) is 0 Å². The van der Waals surface area contributed by atoms with Gasteiger partial charge in [0.15, 0.2) is 0 Å². The fourth-order valence-electron chi connectivity index (χ4n) is 3.36. The summed E-state index contributed by atoms with van der Waals surface area (Å²) < 4.78 is 25.4. The molecule has 0 unspecified atom stereocenters. The summed E-state index contributed by atoms with van der Waals surface area (Å²) in [5, 5.41) is 3.61. The van der Waals surface area contributed by atoms with Gasteiger partial charge >= 0.3 is 0 Å². The fourth-order valence-corrected chi connectivity index (χ4v) is 4.75. The average Bonchev–Trinajstić information content (AvgIpc) is 2.90. The molecule has 2 aromatic carbocycles. The molecule has 5 nitrogen and oxygen atoms in total. The molecule has 0 saturated carbocycles. The van der Waals surface area contributed by atoms with Crippen molar-refractivity contribution >= 4 is 33.2 Å². The lowest BCUT2D eigenvalue weighted by atomic mass is 10.0. The molecule has 1 aliphatic rings. The summed E-state index contributed by atoms with van der Waals surface area (Å²) in [7, 11) is -3.33. The zero-order chi connectivity index (χ0) is 19.1. The van der Waals surface area contributed by atoms with Gasteiger partial charge in [0.05, 0.1) is 18.0 Å². The van der Waals surface area contributed by atoms with Crippen LogP contribution in [0.2, 0.25) is 5.02 Å². The monoisotopic (exact) mass is 392 g/mol. The van der Waals surface area contributed by atoms with Crippen LogP contribution in [-0.2, 0) is 16.4 Å². The molecule has 1 heterocycles. The number of sulfonamides is 1. The summed E-state index contributed by atoms with van der Waals surface area (Å²) in [5.74, 6) is -0.194. The molecule has 1 N–H and O–H groups in total. The number of amides is 1. The van der Waals surface area contributed by atoms with Crippen molar-refractivity contribution in [3.05, 3.63) is 64.2 Å². The number of hydrogen-bond acceptors (Lipinski definition) is 3. The number of carbonyl (C=O) groups excluding carboxylic acids is 1. The van der Waals surface area contributed by atoms with Crippen molar-refractivity contribution in [2.75, 3.05) is 10.6 Å². The smallest absolute Gasteiger partial charge is 0.251 e. The molecule has 0 bridgehead atoms. The van der Waals surface area contributed by atoms with E-state index in [2.05, 4.69) is 5.32 Å². The Morgan fingerprint density at radius 2 is 1.88 bits per heavy atom. The zero-order valence-corrected chi connectivity index (χ0v) is 16.4. The lowest BCUT2D eigenvalue weighted by molar-refractivity contribution is 0.0940. The first kappa shape index (κ1) is 18.7. The van der Waals surface area contributed by atoms with Crippen LogP contribution in [0, 0.1) is 0 Å². The van der Waals surface area contributed by atoms with Gasteiger partial charge in [-0.05, 0) is 61.7 Å². The van der Waals surface area contributed by atoms with Crippen LogP contribution >= 0.6 is 11.6 Å². The maximum absolute atomic E-state index is 12.6. The first-order valence-electron chi connectivity index (χ1n) is 8.35. The second-order valence-corrected chi connectivity index (χ2v) is 9.00. The minimum Gasteiger partial charge on any atom is -0.346 e. The van der Waals surface area contributed by atoms with Crippen molar-refractivity contribution in [1.82, 2.24) is 5.32 Å². The van der Waals surface area contributed by atoms with Gasteiger partial charge in [-0.1, -0.05) is 23.7 Å². The molecule has 138 valence electrons. The van der Waals surface area contributed by atoms with E-state index in [1.807, 2.05) is 26.0 Å². The van der Waals surface area contributed by atoms with E-state index in [1.165, 1.54) is 10.6 Å². The van der Waals surface area contributed by atoms with Gasteiger partial charge < -0.3 is 5.32 Å². The molecule has 1 aliphatic heterocycles. The molecule has 0 aromatic heterocycles. The SMILES string of the molecule is C[C@@H](NC(=O)c1ccc2c(c1)C[C@H](C)N2S(C)(=O)=O)c1ccc(Cl)cc1. The number of nitrogens with one attached hydrogen (secondary N) is 1. The second-order valence-electron chi connectivity index (χ2n) is 6.70. The molecule has 2 atom stereocenters. The normalized spacial score (nSPS) is 17.7. The van der Waals surface area contributed by atoms with Gasteiger partial charge in [0.1, 0.15) is 0 Å². The van der Waals surface area contributed by atoms with Crippen molar-refractivity contribution in [1.29, 1.82) is 0 Å². The van der Waals surface area contributed by atoms with Crippen LogP contribution in [0.5, 0.6) is 0 Å². The second kappa shape index (κ2) is 6.93. The number of fused-ring (bicyclic) bond motifs is 1. The Hall–Kier alpha value is -2.05. The maximum Gasteiger partial charge on any atom is 0.251 e. The Morgan fingerprint density at radius 1 is 1.23 bits per heavy atom.